The third-order valence-corrected chi connectivity index (χ3v) is 7.59. The molecule has 29 heavy (non-hydrogen) atoms. The first-order chi connectivity index (χ1) is 13.7. The van der Waals surface area contributed by atoms with Crippen molar-refractivity contribution < 1.29 is 13.2 Å². The third kappa shape index (κ3) is 4.90. The molecule has 2 unspecified atom stereocenters. The highest BCUT2D eigenvalue weighted by Crippen LogP contribution is 2.26. The molecule has 0 radical (unpaired) electrons. The highest BCUT2D eigenvalue weighted by molar-refractivity contribution is 7.93. The number of carbonyl (C=O) groups excluding carboxylic acids is 1. The first-order valence-corrected chi connectivity index (χ1v) is 11.2. The summed E-state index contributed by atoms with van der Waals surface area (Å²) in [4.78, 5) is 12.7. The largest absolute Gasteiger partial charge is 0.324 e. The zero-order chi connectivity index (χ0) is 21.2. The molecule has 7 nitrogen and oxygen atoms in total. The van der Waals surface area contributed by atoms with Gasteiger partial charge in [-0.25, -0.2) is 8.42 Å². The Morgan fingerprint density at radius 2 is 1.72 bits per heavy atom. The molecule has 0 aliphatic carbocycles. The van der Waals surface area contributed by atoms with Crippen molar-refractivity contribution in [3.8, 4) is 0 Å². The van der Waals surface area contributed by atoms with Gasteiger partial charge in [-0.15, -0.1) is 0 Å². The fourth-order valence-corrected chi connectivity index (χ4v) is 5.82. The third-order valence-electron chi connectivity index (χ3n) is 4.89. The molecule has 0 saturated carbocycles. The Morgan fingerprint density at radius 3 is 2.31 bits per heavy atom. The van der Waals surface area contributed by atoms with Crippen molar-refractivity contribution in [3.05, 3.63) is 59.1 Å². The standard InChI is InChI=1S/C20H25ClN4O3S/c1-13-7-9-18(10-8-13)25(29(27,28)20-14(2)23-24-15(20)3)12-19(26)22-17-6-4-5-16(21)11-17/h4-11,14-15,20,23-24H,12H2,1-3H3,(H,22,26). The Labute approximate surface area is 176 Å². The molecule has 9 heteroatoms. The molecule has 2 aromatic rings. The van der Waals surface area contributed by atoms with Crippen LogP contribution in [0.5, 0.6) is 0 Å². The number of hydrazine groups is 1. The molecule has 1 saturated heterocycles. The Kier molecular flexibility index (Phi) is 6.48. The van der Waals surface area contributed by atoms with Crippen LogP contribution in [0, 0.1) is 6.92 Å². The van der Waals surface area contributed by atoms with Gasteiger partial charge in [0.15, 0.2) is 0 Å². The van der Waals surface area contributed by atoms with Gasteiger partial charge in [0.25, 0.3) is 0 Å². The minimum Gasteiger partial charge on any atom is -0.324 e. The summed E-state index contributed by atoms with van der Waals surface area (Å²) in [6.07, 6.45) is 0. The van der Waals surface area contributed by atoms with Crippen LogP contribution in [0.1, 0.15) is 19.4 Å². The first-order valence-electron chi connectivity index (χ1n) is 9.33. The minimum absolute atomic E-state index is 0.307. The highest BCUT2D eigenvalue weighted by Gasteiger charge is 2.44. The average molecular weight is 437 g/mol. The van der Waals surface area contributed by atoms with Crippen LogP contribution < -0.4 is 20.5 Å². The molecule has 156 valence electrons. The zero-order valence-electron chi connectivity index (χ0n) is 16.5. The van der Waals surface area contributed by atoms with Crippen LogP contribution in [-0.2, 0) is 14.8 Å². The van der Waals surface area contributed by atoms with Crippen LogP contribution in [0.3, 0.4) is 0 Å². The smallest absolute Gasteiger partial charge is 0.245 e. The molecule has 1 aliphatic heterocycles. The Balaban J connectivity index is 1.91. The number of sulfonamides is 1. The van der Waals surface area contributed by atoms with Gasteiger partial charge < -0.3 is 5.32 Å². The van der Waals surface area contributed by atoms with E-state index in [2.05, 4.69) is 16.2 Å². The van der Waals surface area contributed by atoms with Crippen molar-refractivity contribution >= 4 is 38.9 Å². The number of anilines is 2. The zero-order valence-corrected chi connectivity index (χ0v) is 18.1. The van der Waals surface area contributed by atoms with Crippen LogP contribution in [0.15, 0.2) is 48.5 Å². The fourth-order valence-electron chi connectivity index (χ4n) is 3.46. The van der Waals surface area contributed by atoms with Crippen molar-refractivity contribution in [2.75, 3.05) is 16.2 Å². The SMILES string of the molecule is Cc1ccc(N(CC(=O)Nc2cccc(Cl)c2)S(=O)(=O)C2C(C)NNC2C)cc1. The molecule has 1 fully saturated rings. The maximum absolute atomic E-state index is 13.5. The normalized spacial score (nSPS) is 21.7. The van der Waals surface area contributed by atoms with Gasteiger partial charge in [-0.05, 0) is 51.1 Å². The fraction of sp³-hybridized carbons (Fsp3) is 0.350. The lowest BCUT2D eigenvalue weighted by atomic mass is 10.2. The van der Waals surface area contributed by atoms with Gasteiger partial charge in [-0.2, -0.15) is 0 Å². The van der Waals surface area contributed by atoms with Gasteiger partial charge in [0.2, 0.25) is 15.9 Å². The van der Waals surface area contributed by atoms with Crippen molar-refractivity contribution in [3.63, 3.8) is 0 Å². The van der Waals surface area contributed by atoms with E-state index in [9.17, 15) is 13.2 Å². The number of hydrogen-bond donors (Lipinski definition) is 3. The maximum atomic E-state index is 13.5. The number of carbonyl (C=O) groups is 1. The molecule has 1 aliphatic rings. The van der Waals surface area contributed by atoms with Crippen molar-refractivity contribution in [1.29, 1.82) is 0 Å². The van der Waals surface area contributed by atoms with Gasteiger partial charge in [-0.1, -0.05) is 35.4 Å². The molecule has 2 aromatic carbocycles. The number of halogens is 1. The maximum Gasteiger partial charge on any atom is 0.245 e. The molecular weight excluding hydrogens is 412 g/mol. The number of amides is 1. The molecular formula is C20H25ClN4O3S. The summed E-state index contributed by atoms with van der Waals surface area (Å²) < 4.78 is 28.2. The molecule has 1 heterocycles. The summed E-state index contributed by atoms with van der Waals surface area (Å²) in [6.45, 7) is 5.19. The van der Waals surface area contributed by atoms with Gasteiger partial charge in [0.05, 0.1) is 5.69 Å². The molecule has 0 bridgehead atoms. The molecule has 3 N–H and O–H groups in total. The van der Waals surface area contributed by atoms with Crippen LogP contribution in [0.4, 0.5) is 11.4 Å². The van der Waals surface area contributed by atoms with Gasteiger partial charge in [0.1, 0.15) is 11.8 Å². The van der Waals surface area contributed by atoms with E-state index in [-0.39, 0.29) is 18.6 Å². The number of nitrogens with one attached hydrogen (secondary N) is 3. The second-order valence-corrected chi connectivity index (χ2v) is 9.73. The summed E-state index contributed by atoms with van der Waals surface area (Å²) in [7, 11) is -3.84. The lowest BCUT2D eigenvalue weighted by Crippen LogP contribution is -2.49. The number of benzene rings is 2. The average Bonchev–Trinajstić information content (AvgIpc) is 2.99. The van der Waals surface area contributed by atoms with Gasteiger partial charge in [-0.3, -0.25) is 20.0 Å². The number of hydrogen-bond acceptors (Lipinski definition) is 5. The van der Waals surface area contributed by atoms with E-state index >= 15 is 0 Å². The lowest BCUT2D eigenvalue weighted by Gasteiger charge is -2.30. The summed E-state index contributed by atoms with van der Waals surface area (Å²) >= 11 is 5.96. The van der Waals surface area contributed by atoms with E-state index in [1.54, 1.807) is 50.2 Å². The Hall–Kier alpha value is -2.13. The second-order valence-electron chi connectivity index (χ2n) is 7.28. The quantitative estimate of drug-likeness (QED) is 0.647. The van der Waals surface area contributed by atoms with Crippen molar-refractivity contribution in [2.24, 2.45) is 0 Å². The Morgan fingerprint density at radius 1 is 1.10 bits per heavy atom. The van der Waals surface area contributed by atoms with E-state index in [4.69, 9.17) is 11.6 Å². The molecule has 0 aromatic heterocycles. The van der Waals surface area contributed by atoms with Crippen LogP contribution >= 0.6 is 11.6 Å². The summed E-state index contributed by atoms with van der Waals surface area (Å²) in [5, 5.41) is 2.48. The number of aryl methyl sites for hydroxylation is 1. The van der Waals surface area contributed by atoms with Crippen LogP contribution in [-0.4, -0.2) is 38.2 Å². The van der Waals surface area contributed by atoms with E-state index in [0.29, 0.717) is 16.4 Å². The lowest BCUT2D eigenvalue weighted by molar-refractivity contribution is -0.114. The predicted molar refractivity (Wildman–Crippen MR) is 117 cm³/mol. The number of nitrogens with zero attached hydrogens (tertiary/aromatic N) is 1. The van der Waals surface area contributed by atoms with E-state index in [1.165, 1.54) is 4.31 Å². The van der Waals surface area contributed by atoms with Crippen molar-refractivity contribution in [2.45, 2.75) is 38.1 Å². The first kappa shape index (κ1) is 21.6. The van der Waals surface area contributed by atoms with Gasteiger partial charge in [0, 0.05) is 22.8 Å². The molecule has 2 atom stereocenters. The van der Waals surface area contributed by atoms with E-state index in [1.807, 2.05) is 19.1 Å². The van der Waals surface area contributed by atoms with E-state index in [0.717, 1.165) is 5.56 Å². The summed E-state index contributed by atoms with van der Waals surface area (Å²) in [5.41, 5.74) is 7.90. The summed E-state index contributed by atoms with van der Waals surface area (Å²) in [5.74, 6) is -0.448. The highest BCUT2D eigenvalue weighted by atomic mass is 35.5. The van der Waals surface area contributed by atoms with Crippen molar-refractivity contribution in [1.82, 2.24) is 10.9 Å². The minimum atomic E-state index is -3.84. The molecule has 3 rings (SSSR count). The topological polar surface area (TPSA) is 90.5 Å². The van der Waals surface area contributed by atoms with E-state index < -0.39 is 21.2 Å². The predicted octanol–water partition coefficient (Wildman–Crippen LogP) is 2.68. The summed E-state index contributed by atoms with van der Waals surface area (Å²) in [6, 6.07) is 13.2. The monoisotopic (exact) mass is 436 g/mol. The molecule has 1 amide bonds. The second kappa shape index (κ2) is 8.71. The van der Waals surface area contributed by atoms with Crippen LogP contribution in [0.25, 0.3) is 0 Å². The Bertz CT molecular complexity index is 971. The van der Waals surface area contributed by atoms with Crippen LogP contribution in [0.2, 0.25) is 5.02 Å². The van der Waals surface area contributed by atoms with Gasteiger partial charge >= 0.3 is 0 Å². The molecule has 0 spiro atoms. The number of rotatable bonds is 6.